The predicted molar refractivity (Wildman–Crippen MR) is 66.8 cm³/mol. The molecule has 17 heavy (non-hydrogen) atoms. The lowest BCUT2D eigenvalue weighted by Gasteiger charge is -2.28. The van der Waals surface area contributed by atoms with Crippen LogP contribution in [0.3, 0.4) is 0 Å². The van der Waals surface area contributed by atoms with Gasteiger partial charge in [0, 0.05) is 31.5 Å². The zero-order valence-electron chi connectivity index (χ0n) is 9.97. The van der Waals surface area contributed by atoms with Crippen LogP contribution in [0.2, 0.25) is 0 Å². The van der Waals surface area contributed by atoms with Gasteiger partial charge in [0.1, 0.15) is 5.82 Å². The molecule has 5 nitrogen and oxygen atoms in total. The quantitative estimate of drug-likeness (QED) is 0.659. The molecule has 2 rings (SSSR count). The highest BCUT2D eigenvalue weighted by Crippen LogP contribution is 2.17. The molecule has 5 heteroatoms. The number of hydrogen-bond acceptors (Lipinski definition) is 5. The number of aromatic nitrogens is 2. The Labute approximate surface area is 102 Å². The van der Waals surface area contributed by atoms with Crippen LogP contribution in [0.5, 0.6) is 0 Å². The molecule has 2 atom stereocenters. The highest BCUT2D eigenvalue weighted by molar-refractivity contribution is 5.29. The summed E-state index contributed by atoms with van der Waals surface area (Å²) in [5.41, 5.74) is 0. The topological polar surface area (TPSA) is 70.1 Å². The molecule has 1 aromatic rings. The van der Waals surface area contributed by atoms with Crippen molar-refractivity contribution in [3.63, 3.8) is 0 Å². The molecule has 0 amide bonds. The van der Waals surface area contributed by atoms with Crippen LogP contribution < -0.4 is 10.6 Å². The monoisotopic (exact) mass is 236 g/mol. The van der Waals surface area contributed by atoms with Gasteiger partial charge in [0.15, 0.2) is 0 Å². The van der Waals surface area contributed by atoms with Gasteiger partial charge in [-0.2, -0.15) is 0 Å². The number of aliphatic hydroxyl groups is 1. The van der Waals surface area contributed by atoms with E-state index >= 15 is 0 Å². The SMILES string of the molecule is O[C@H]1CCCC[C@@H]1NCCNc1cnccn1. The van der Waals surface area contributed by atoms with E-state index in [1.54, 1.807) is 18.6 Å². The van der Waals surface area contributed by atoms with Gasteiger partial charge in [-0.05, 0) is 12.8 Å². The average molecular weight is 236 g/mol. The Balaban J connectivity index is 1.63. The van der Waals surface area contributed by atoms with Crippen molar-refractivity contribution in [1.29, 1.82) is 0 Å². The van der Waals surface area contributed by atoms with E-state index in [2.05, 4.69) is 20.6 Å². The zero-order chi connectivity index (χ0) is 11.9. The smallest absolute Gasteiger partial charge is 0.144 e. The molecule has 0 radical (unpaired) electrons. The highest BCUT2D eigenvalue weighted by Gasteiger charge is 2.21. The van der Waals surface area contributed by atoms with Gasteiger partial charge in [-0.1, -0.05) is 12.8 Å². The second kappa shape index (κ2) is 6.51. The molecule has 0 saturated heterocycles. The lowest BCUT2D eigenvalue weighted by molar-refractivity contribution is 0.0918. The average Bonchev–Trinajstić information content (AvgIpc) is 2.38. The van der Waals surface area contributed by atoms with Crippen molar-refractivity contribution in [3.8, 4) is 0 Å². The second-order valence-corrected chi connectivity index (χ2v) is 4.43. The summed E-state index contributed by atoms with van der Waals surface area (Å²) < 4.78 is 0. The van der Waals surface area contributed by atoms with E-state index in [1.807, 2.05) is 0 Å². The van der Waals surface area contributed by atoms with Crippen molar-refractivity contribution in [2.75, 3.05) is 18.4 Å². The van der Waals surface area contributed by atoms with Crippen LogP contribution in [-0.4, -0.2) is 40.3 Å². The van der Waals surface area contributed by atoms with Gasteiger partial charge >= 0.3 is 0 Å². The molecule has 0 aromatic carbocycles. The number of anilines is 1. The van der Waals surface area contributed by atoms with Crippen LogP contribution in [-0.2, 0) is 0 Å². The number of rotatable bonds is 5. The molecule has 1 saturated carbocycles. The summed E-state index contributed by atoms with van der Waals surface area (Å²) in [6, 6.07) is 0.257. The van der Waals surface area contributed by atoms with Gasteiger partial charge in [-0.3, -0.25) is 4.98 Å². The molecule has 1 aliphatic rings. The van der Waals surface area contributed by atoms with Crippen LogP contribution in [0.4, 0.5) is 5.82 Å². The minimum Gasteiger partial charge on any atom is -0.392 e. The third-order valence-electron chi connectivity index (χ3n) is 3.13. The molecule has 1 aliphatic carbocycles. The van der Waals surface area contributed by atoms with E-state index in [0.717, 1.165) is 38.2 Å². The maximum absolute atomic E-state index is 9.78. The molecule has 0 aliphatic heterocycles. The van der Waals surface area contributed by atoms with Gasteiger partial charge in [0.25, 0.3) is 0 Å². The fraction of sp³-hybridized carbons (Fsp3) is 0.667. The summed E-state index contributed by atoms with van der Waals surface area (Å²) in [5.74, 6) is 0.790. The summed E-state index contributed by atoms with van der Waals surface area (Å²) in [5, 5.41) is 16.3. The van der Waals surface area contributed by atoms with Crippen molar-refractivity contribution in [1.82, 2.24) is 15.3 Å². The summed E-state index contributed by atoms with van der Waals surface area (Å²) >= 11 is 0. The predicted octanol–water partition coefficient (Wildman–Crippen LogP) is 0.782. The third kappa shape index (κ3) is 3.94. The normalized spacial score (nSPS) is 24.5. The van der Waals surface area contributed by atoms with E-state index < -0.39 is 0 Å². The maximum Gasteiger partial charge on any atom is 0.144 e. The highest BCUT2D eigenvalue weighted by atomic mass is 16.3. The number of aliphatic hydroxyl groups excluding tert-OH is 1. The van der Waals surface area contributed by atoms with E-state index in [0.29, 0.717) is 0 Å². The summed E-state index contributed by atoms with van der Waals surface area (Å²) in [7, 11) is 0. The number of hydrogen-bond donors (Lipinski definition) is 3. The molecule has 1 aromatic heterocycles. The summed E-state index contributed by atoms with van der Waals surface area (Å²) in [6.45, 7) is 1.63. The lowest BCUT2D eigenvalue weighted by Crippen LogP contribution is -2.43. The second-order valence-electron chi connectivity index (χ2n) is 4.43. The lowest BCUT2D eigenvalue weighted by atomic mass is 9.93. The van der Waals surface area contributed by atoms with Gasteiger partial charge in [-0.25, -0.2) is 4.98 Å². The Morgan fingerprint density at radius 1 is 1.24 bits per heavy atom. The first kappa shape index (κ1) is 12.3. The van der Waals surface area contributed by atoms with Crippen LogP contribution in [0, 0.1) is 0 Å². The Kier molecular flexibility index (Phi) is 4.70. The molecule has 0 bridgehead atoms. The molecule has 3 N–H and O–H groups in total. The van der Waals surface area contributed by atoms with Gasteiger partial charge in [0.2, 0.25) is 0 Å². The molecule has 1 heterocycles. The number of nitrogens with zero attached hydrogens (tertiary/aromatic N) is 2. The van der Waals surface area contributed by atoms with Crippen LogP contribution in [0.25, 0.3) is 0 Å². The Hall–Kier alpha value is -1.20. The first-order valence-corrected chi connectivity index (χ1v) is 6.27. The van der Waals surface area contributed by atoms with E-state index in [9.17, 15) is 5.11 Å². The van der Waals surface area contributed by atoms with Crippen molar-refractivity contribution in [2.24, 2.45) is 0 Å². The molecular weight excluding hydrogens is 216 g/mol. The molecular formula is C12H20N4O. The van der Waals surface area contributed by atoms with Crippen LogP contribution >= 0.6 is 0 Å². The van der Waals surface area contributed by atoms with Gasteiger partial charge in [-0.15, -0.1) is 0 Å². The minimum atomic E-state index is -0.180. The third-order valence-corrected chi connectivity index (χ3v) is 3.13. The Morgan fingerprint density at radius 2 is 2.12 bits per heavy atom. The molecule has 1 fully saturated rings. The molecule has 0 spiro atoms. The minimum absolute atomic E-state index is 0.180. The summed E-state index contributed by atoms with van der Waals surface area (Å²) in [6.07, 6.45) is 9.21. The van der Waals surface area contributed by atoms with Gasteiger partial charge < -0.3 is 15.7 Å². The van der Waals surface area contributed by atoms with E-state index in [1.165, 1.54) is 6.42 Å². The van der Waals surface area contributed by atoms with Gasteiger partial charge in [0.05, 0.1) is 12.3 Å². The summed E-state index contributed by atoms with van der Waals surface area (Å²) in [4.78, 5) is 8.11. The fourth-order valence-electron chi connectivity index (χ4n) is 2.19. The van der Waals surface area contributed by atoms with E-state index in [-0.39, 0.29) is 12.1 Å². The Morgan fingerprint density at radius 3 is 2.88 bits per heavy atom. The van der Waals surface area contributed by atoms with Crippen molar-refractivity contribution in [3.05, 3.63) is 18.6 Å². The van der Waals surface area contributed by atoms with Crippen LogP contribution in [0.15, 0.2) is 18.6 Å². The first-order chi connectivity index (χ1) is 8.36. The molecule has 94 valence electrons. The largest absolute Gasteiger partial charge is 0.392 e. The van der Waals surface area contributed by atoms with Crippen molar-refractivity contribution >= 4 is 5.82 Å². The van der Waals surface area contributed by atoms with E-state index in [4.69, 9.17) is 0 Å². The first-order valence-electron chi connectivity index (χ1n) is 6.27. The van der Waals surface area contributed by atoms with Crippen molar-refractivity contribution in [2.45, 2.75) is 37.8 Å². The zero-order valence-corrected chi connectivity index (χ0v) is 9.97. The number of nitrogens with one attached hydrogen (secondary N) is 2. The molecule has 0 unspecified atom stereocenters. The standard InChI is InChI=1S/C12H20N4O/c17-11-4-2-1-3-10(11)14-7-8-16-12-9-13-5-6-15-12/h5-6,9-11,14,17H,1-4,7-8H2,(H,15,16)/t10-,11-/m0/s1. The Bertz CT molecular complexity index is 320. The van der Waals surface area contributed by atoms with Crippen LogP contribution in [0.1, 0.15) is 25.7 Å². The fourth-order valence-corrected chi connectivity index (χ4v) is 2.19. The van der Waals surface area contributed by atoms with Crippen molar-refractivity contribution < 1.29 is 5.11 Å². The maximum atomic E-state index is 9.78.